The maximum Gasteiger partial charge on any atom is 0.221 e. The molecule has 0 aliphatic heterocycles. The van der Waals surface area contributed by atoms with E-state index in [0.29, 0.717) is 17.9 Å². The fourth-order valence-corrected chi connectivity index (χ4v) is 1.37. The summed E-state index contributed by atoms with van der Waals surface area (Å²) in [6.07, 6.45) is 0. The number of ether oxygens (including phenoxy) is 1. The Morgan fingerprint density at radius 3 is 2.44 bits per heavy atom. The average molecular weight is 250 g/mol. The first-order valence-corrected chi connectivity index (χ1v) is 5.76. The Morgan fingerprint density at radius 1 is 1.22 bits per heavy atom. The lowest BCUT2D eigenvalue weighted by Crippen LogP contribution is -2.17. The van der Waals surface area contributed by atoms with Crippen LogP contribution >= 0.6 is 0 Å². The fraction of sp³-hybridized carbons (Fsp3) is 0.385. The minimum absolute atomic E-state index is 0.0690. The molecule has 0 unspecified atom stereocenters. The molecule has 0 atom stereocenters. The molecule has 0 saturated heterocycles. The Bertz CT molecular complexity index is 401. The number of amides is 1. The lowest BCUT2D eigenvalue weighted by molar-refractivity contribution is -0.114. The zero-order valence-corrected chi connectivity index (χ0v) is 10.7. The summed E-state index contributed by atoms with van der Waals surface area (Å²) >= 11 is 0. The molecule has 0 bridgehead atoms. The Labute approximate surface area is 107 Å². The largest absolute Gasteiger partial charge is 0.372 e. The van der Waals surface area contributed by atoms with Gasteiger partial charge in [-0.2, -0.15) is 0 Å². The molecule has 98 valence electrons. The van der Waals surface area contributed by atoms with Crippen LogP contribution in [0.4, 0.5) is 5.69 Å². The molecule has 0 aromatic heterocycles. The lowest BCUT2D eigenvalue weighted by Gasteiger charge is -2.05. The normalized spacial score (nSPS) is 10.1. The van der Waals surface area contributed by atoms with Crippen molar-refractivity contribution in [3.63, 3.8) is 0 Å². The van der Waals surface area contributed by atoms with Gasteiger partial charge in [-0.15, -0.1) is 0 Å². The van der Waals surface area contributed by atoms with E-state index in [1.807, 2.05) is 7.05 Å². The minimum Gasteiger partial charge on any atom is -0.372 e. The molecule has 1 aromatic carbocycles. The van der Waals surface area contributed by atoms with Crippen molar-refractivity contribution in [2.24, 2.45) is 0 Å². The third kappa shape index (κ3) is 5.07. The molecule has 2 N–H and O–H groups in total. The lowest BCUT2D eigenvalue weighted by atomic mass is 10.1. The van der Waals surface area contributed by atoms with E-state index in [1.165, 1.54) is 6.92 Å². The standard InChI is InChI=1S/C13H18N2O3/c1-10(16)15-12-5-3-11(4-6-12)13(17)9-18-8-7-14-2/h3-6,14H,7-9H2,1-2H3,(H,15,16). The number of carbonyl (C=O) groups excluding carboxylic acids is 2. The van der Waals surface area contributed by atoms with E-state index >= 15 is 0 Å². The van der Waals surface area contributed by atoms with E-state index in [4.69, 9.17) is 4.74 Å². The van der Waals surface area contributed by atoms with Crippen LogP contribution in [0.3, 0.4) is 0 Å². The number of carbonyl (C=O) groups is 2. The van der Waals surface area contributed by atoms with Gasteiger partial charge in [0.05, 0.1) is 6.61 Å². The number of hydrogen-bond acceptors (Lipinski definition) is 4. The molecule has 0 fully saturated rings. The van der Waals surface area contributed by atoms with E-state index in [1.54, 1.807) is 24.3 Å². The number of likely N-dealkylation sites (N-methyl/N-ethyl adjacent to an activating group) is 1. The van der Waals surface area contributed by atoms with Gasteiger partial charge in [0.1, 0.15) is 6.61 Å². The minimum atomic E-state index is -0.135. The fourth-order valence-electron chi connectivity index (χ4n) is 1.37. The Hall–Kier alpha value is -1.72. The highest BCUT2D eigenvalue weighted by Gasteiger charge is 2.05. The molecule has 5 nitrogen and oxygen atoms in total. The van der Waals surface area contributed by atoms with Gasteiger partial charge in [0.15, 0.2) is 5.78 Å². The zero-order chi connectivity index (χ0) is 13.4. The van der Waals surface area contributed by atoms with Gasteiger partial charge in [-0.25, -0.2) is 0 Å². The number of Topliss-reactive ketones (excluding diaryl/α,β-unsaturated/α-hetero) is 1. The number of benzene rings is 1. The molecule has 0 heterocycles. The molecule has 1 rings (SSSR count). The molecule has 5 heteroatoms. The number of hydrogen-bond donors (Lipinski definition) is 2. The van der Waals surface area contributed by atoms with Gasteiger partial charge in [0.25, 0.3) is 0 Å². The van der Waals surface area contributed by atoms with Gasteiger partial charge < -0.3 is 15.4 Å². The summed E-state index contributed by atoms with van der Waals surface area (Å²) in [4.78, 5) is 22.5. The second-order valence-corrected chi connectivity index (χ2v) is 3.84. The van der Waals surface area contributed by atoms with Crippen molar-refractivity contribution in [1.29, 1.82) is 0 Å². The summed E-state index contributed by atoms with van der Waals surface area (Å²) < 4.78 is 5.20. The van der Waals surface area contributed by atoms with Crippen molar-refractivity contribution in [2.45, 2.75) is 6.92 Å². The van der Waals surface area contributed by atoms with E-state index in [0.717, 1.165) is 6.54 Å². The van der Waals surface area contributed by atoms with Gasteiger partial charge in [0.2, 0.25) is 5.91 Å². The second kappa shape index (κ2) is 7.58. The third-order valence-electron chi connectivity index (χ3n) is 2.26. The van der Waals surface area contributed by atoms with Crippen molar-refractivity contribution >= 4 is 17.4 Å². The van der Waals surface area contributed by atoms with Gasteiger partial charge in [-0.1, -0.05) is 0 Å². The van der Waals surface area contributed by atoms with Crippen LogP contribution in [0.5, 0.6) is 0 Å². The Kier molecular flexibility index (Phi) is 6.04. The summed E-state index contributed by atoms with van der Waals surface area (Å²) in [6, 6.07) is 6.74. The topological polar surface area (TPSA) is 67.4 Å². The first-order chi connectivity index (χ1) is 8.63. The predicted molar refractivity (Wildman–Crippen MR) is 69.8 cm³/mol. The molecule has 0 aliphatic carbocycles. The number of nitrogens with one attached hydrogen (secondary N) is 2. The summed E-state index contributed by atoms with van der Waals surface area (Å²) in [5.74, 6) is -0.204. The van der Waals surface area contributed by atoms with Crippen LogP contribution in [0, 0.1) is 0 Å². The van der Waals surface area contributed by atoms with Crippen LogP contribution in [0.15, 0.2) is 24.3 Å². The van der Waals surface area contributed by atoms with Crippen molar-refractivity contribution in [3.8, 4) is 0 Å². The molecule has 0 radical (unpaired) electrons. The highest BCUT2D eigenvalue weighted by molar-refractivity contribution is 5.97. The quantitative estimate of drug-likeness (QED) is 0.561. The van der Waals surface area contributed by atoms with Crippen LogP contribution in [-0.4, -0.2) is 38.5 Å². The molecular formula is C13H18N2O3. The van der Waals surface area contributed by atoms with Gasteiger partial charge in [0, 0.05) is 24.7 Å². The van der Waals surface area contributed by atoms with E-state index in [9.17, 15) is 9.59 Å². The molecule has 1 amide bonds. The van der Waals surface area contributed by atoms with Crippen LogP contribution in [0.2, 0.25) is 0 Å². The third-order valence-corrected chi connectivity index (χ3v) is 2.26. The van der Waals surface area contributed by atoms with Crippen LogP contribution in [0.1, 0.15) is 17.3 Å². The summed E-state index contributed by atoms with van der Waals surface area (Å²) in [5, 5.41) is 5.57. The molecular weight excluding hydrogens is 232 g/mol. The van der Waals surface area contributed by atoms with Crippen LogP contribution in [-0.2, 0) is 9.53 Å². The SMILES string of the molecule is CNCCOCC(=O)c1ccc(NC(C)=O)cc1. The molecule has 0 aliphatic rings. The molecule has 18 heavy (non-hydrogen) atoms. The maximum absolute atomic E-state index is 11.7. The Morgan fingerprint density at radius 2 is 1.89 bits per heavy atom. The zero-order valence-electron chi connectivity index (χ0n) is 10.7. The highest BCUT2D eigenvalue weighted by atomic mass is 16.5. The second-order valence-electron chi connectivity index (χ2n) is 3.84. The van der Waals surface area contributed by atoms with Crippen LogP contribution in [0.25, 0.3) is 0 Å². The maximum atomic E-state index is 11.7. The van der Waals surface area contributed by atoms with Crippen molar-refractivity contribution < 1.29 is 14.3 Å². The van der Waals surface area contributed by atoms with Gasteiger partial charge in [-0.3, -0.25) is 9.59 Å². The summed E-state index contributed by atoms with van der Waals surface area (Å²) in [6.45, 7) is 2.73. The molecule has 0 spiro atoms. The van der Waals surface area contributed by atoms with Gasteiger partial charge in [-0.05, 0) is 31.3 Å². The highest BCUT2D eigenvalue weighted by Crippen LogP contribution is 2.10. The van der Waals surface area contributed by atoms with Gasteiger partial charge >= 0.3 is 0 Å². The van der Waals surface area contributed by atoms with Crippen LogP contribution < -0.4 is 10.6 Å². The smallest absolute Gasteiger partial charge is 0.221 e. The van der Waals surface area contributed by atoms with Crippen molar-refractivity contribution in [1.82, 2.24) is 5.32 Å². The molecule has 0 saturated carbocycles. The van der Waals surface area contributed by atoms with E-state index < -0.39 is 0 Å². The summed E-state index contributed by atoms with van der Waals surface area (Å²) in [7, 11) is 1.83. The number of rotatable bonds is 7. The average Bonchev–Trinajstić information content (AvgIpc) is 2.34. The Balaban J connectivity index is 2.46. The van der Waals surface area contributed by atoms with Crippen molar-refractivity contribution in [2.75, 3.05) is 32.1 Å². The predicted octanol–water partition coefficient (Wildman–Crippen LogP) is 1.06. The van der Waals surface area contributed by atoms with E-state index in [-0.39, 0.29) is 18.3 Å². The number of ketones is 1. The molecule has 1 aromatic rings. The summed E-state index contributed by atoms with van der Waals surface area (Å²) in [5.41, 5.74) is 1.25. The number of anilines is 1. The van der Waals surface area contributed by atoms with Crippen molar-refractivity contribution in [3.05, 3.63) is 29.8 Å². The first-order valence-electron chi connectivity index (χ1n) is 5.76. The first kappa shape index (κ1) is 14.3. The monoisotopic (exact) mass is 250 g/mol. The van der Waals surface area contributed by atoms with E-state index in [2.05, 4.69) is 10.6 Å².